The van der Waals surface area contributed by atoms with Crippen LogP contribution in [-0.4, -0.2) is 17.1 Å². The lowest BCUT2D eigenvalue weighted by Crippen LogP contribution is -2.03. The number of anilines is 4. The number of methoxy groups -OCH3 is 1. The number of rotatable bonds is 5. The molecule has 0 aliphatic rings. The maximum Gasteiger partial charge on any atom is 0.229 e. The van der Waals surface area contributed by atoms with Crippen molar-refractivity contribution in [3.05, 3.63) is 64.3 Å². The SMILES string of the molecule is COc1ccc(Cl)cc1Nc1nc(C)cc(Nc2cc(C)cc(C)c2)n1. The van der Waals surface area contributed by atoms with Gasteiger partial charge >= 0.3 is 0 Å². The second kappa shape index (κ2) is 7.62. The normalized spacial score (nSPS) is 10.5. The zero-order valence-corrected chi connectivity index (χ0v) is 16.0. The van der Waals surface area contributed by atoms with Crippen molar-refractivity contribution in [1.82, 2.24) is 9.97 Å². The van der Waals surface area contributed by atoms with Gasteiger partial charge in [-0.15, -0.1) is 0 Å². The summed E-state index contributed by atoms with van der Waals surface area (Å²) in [4.78, 5) is 9.01. The maximum absolute atomic E-state index is 6.09. The van der Waals surface area contributed by atoms with Crippen LogP contribution in [-0.2, 0) is 0 Å². The van der Waals surface area contributed by atoms with Crippen molar-refractivity contribution in [2.24, 2.45) is 0 Å². The fourth-order valence-corrected chi connectivity index (χ4v) is 2.95. The van der Waals surface area contributed by atoms with Gasteiger partial charge in [-0.05, 0) is 62.2 Å². The predicted molar refractivity (Wildman–Crippen MR) is 107 cm³/mol. The van der Waals surface area contributed by atoms with E-state index >= 15 is 0 Å². The van der Waals surface area contributed by atoms with Crippen molar-refractivity contribution in [3.8, 4) is 5.75 Å². The Bertz CT molecular complexity index is 923. The predicted octanol–water partition coefficient (Wildman–Crippen LogP) is 5.55. The van der Waals surface area contributed by atoms with Crippen LogP contribution < -0.4 is 15.4 Å². The summed E-state index contributed by atoms with van der Waals surface area (Å²) in [5.41, 5.74) is 4.94. The first-order chi connectivity index (χ1) is 12.4. The lowest BCUT2D eigenvalue weighted by Gasteiger charge is -2.13. The zero-order chi connectivity index (χ0) is 18.7. The van der Waals surface area contributed by atoms with E-state index < -0.39 is 0 Å². The molecule has 0 saturated carbocycles. The first kappa shape index (κ1) is 18.0. The molecule has 2 aromatic carbocycles. The Morgan fingerprint density at radius 2 is 1.62 bits per heavy atom. The lowest BCUT2D eigenvalue weighted by atomic mass is 10.1. The third-order valence-electron chi connectivity index (χ3n) is 3.76. The average Bonchev–Trinajstić information content (AvgIpc) is 2.53. The minimum Gasteiger partial charge on any atom is -0.495 e. The van der Waals surface area contributed by atoms with Gasteiger partial charge in [0.25, 0.3) is 0 Å². The van der Waals surface area contributed by atoms with Crippen LogP contribution in [0.1, 0.15) is 16.8 Å². The lowest BCUT2D eigenvalue weighted by molar-refractivity contribution is 0.417. The average molecular weight is 369 g/mol. The van der Waals surface area contributed by atoms with Gasteiger partial charge in [-0.2, -0.15) is 4.98 Å². The Morgan fingerprint density at radius 3 is 2.31 bits per heavy atom. The van der Waals surface area contributed by atoms with Crippen molar-refractivity contribution in [2.75, 3.05) is 17.7 Å². The third-order valence-corrected chi connectivity index (χ3v) is 3.99. The fraction of sp³-hybridized carbons (Fsp3) is 0.200. The van der Waals surface area contributed by atoms with E-state index in [4.69, 9.17) is 16.3 Å². The highest BCUT2D eigenvalue weighted by atomic mass is 35.5. The molecule has 3 rings (SSSR count). The van der Waals surface area contributed by atoms with Gasteiger partial charge in [0.1, 0.15) is 11.6 Å². The summed E-state index contributed by atoms with van der Waals surface area (Å²) in [7, 11) is 1.61. The molecule has 3 aromatic rings. The van der Waals surface area contributed by atoms with Gasteiger partial charge in [-0.25, -0.2) is 4.98 Å². The van der Waals surface area contributed by atoms with Crippen LogP contribution in [0, 0.1) is 20.8 Å². The Morgan fingerprint density at radius 1 is 0.885 bits per heavy atom. The Labute approximate surface area is 158 Å². The molecule has 2 N–H and O–H groups in total. The standard InChI is InChI=1S/C20H21ClN4O/c1-12-7-13(2)9-16(8-12)23-19-10-14(3)22-20(25-19)24-17-11-15(21)5-6-18(17)26-4/h5-11H,1-4H3,(H2,22,23,24,25). The van der Waals surface area contributed by atoms with Gasteiger partial charge in [0.15, 0.2) is 0 Å². The van der Waals surface area contributed by atoms with E-state index in [-0.39, 0.29) is 0 Å². The molecule has 0 unspecified atom stereocenters. The largest absolute Gasteiger partial charge is 0.495 e. The molecular weight excluding hydrogens is 348 g/mol. The molecule has 5 nitrogen and oxygen atoms in total. The molecule has 0 aliphatic heterocycles. The van der Waals surface area contributed by atoms with Crippen LogP contribution in [0.2, 0.25) is 5.02 Å². The molecule has 0 bridgehead atoms. The van der Waals surface area contributed by atoms with Crippen LogP contribution >= 0.6 is 11.6 Å². The van der Waals surface area contributed by atoms with E-state index in [0.717, 1.165) is 11.4 Å². The molecule has 0 atom stereocenters. The Balaban J connectivity index is 1.89. The summed E-state index contributed by atoms with van der Waals surface area (Å²) >= 11 is 6.09. The number of hydrogen-bond acceptors (Lipinski definition) is 5. The molecule has 1 aromatic heterocycles. The van der Waals surface area contributed by atoms with Crippen molar-refractivity contribution in [1.29, 1.82) is 0 Å². The van der Waals surface area contributed by atoms with E-state index in [1.165, 1.54) is 11.1 Å². The van der Waals surface area contributed by atoms with Gasteiger partial charge in [0, 0.05) is 22.5 Å². The van der Waals surface area contributed by atoms with E-state index in [9.17, 15) is 0 Å². The van der Waals surface area contributed by atoms with Crippen LogP contribution in [0.5, 0.6) is 5.75 Å². The fourth-order valence-electron chi connectivity index (χ4n) is 2.78. The van der Waals surface area contributed by atoms with Crippen LogP contribution in [0.25, 0.3) is 0 Å². The van der Waals surface area contributed by atoms with E-state index in [2.05, 4.69) is 52.6 Å². The van der Waals surface area contributed by atoms with E-state index in [1.54, 1.807) is 25.3 Å². The van der Waals surface area contributed by atoms with Gasteiger partial charge in [0.05, 0.1) is 12.8 Å². The first-order valence-electron chi connectivity index (χ1n) is 8.24. The topological polar surface area (TPSA) is 59.1 Å². The summed E-state index contributed by atoms with van der Waals surface area (Å²) in [6.45, 7) is 6.07. The molecule has 0 aliphatic carbocycles. The van der Waals surface area contributed by atoms with Crippen molar-refractivity contribution >= 4 is 34.7 Å². The number of benzene rings is 2. The first-order valence-corrected chi connectivity index (χ1v) is 8.62. The summed E-state index contributed by atoms with van der Waals surface area (Å²) in [6, 6.07) is 13.6. The summed E-state index contributed by atoms with van der Waals surface area (Å²) in [5.74, 6) is 1.85. The summed E-state index contributed by atoms with van der Waals surface area (Å²) in [6.07, 6.45) is 0. The minimum atomic E-state index is 0.470. The van der Waals surface area contributed by atoms with Gasteiger partial charge in [0.2, 0.25) is 5.95 Å². The maximum atomic E-state index is 6.09. The minimum absolute atomic E-state index is 0.470. The number of ether oxygens (including phenoxy) is 1. The number of aromatic nitrogens is 2. The van der Waals surface area contributed by atoms with E-state index in [0.29, 0.717) is 28.2 Å². The molecular formula is C20H21ClN4O. The number of aryl methyl sites for hydroxylation is 3. The van der Waals surface area contributed by atoms with Crippen LogP contribution in [0.15, 0.2) is 42.5 Å². The van der Waals surface area contributed by atoms with Crippen molar-refractivity contribution in [3.63, 3.8) is 0 Å². The summed E-state index contributed by atoms with van der Waals surface area (Å²) in [5, 5.41) is 7.13. The molecule has 0 radical (unpaired) electrons. The molecule has 0 amide bonds. The molecule has 26 heavy (non-hydrogen) atoms. The van der Waals surface area contributed by atoms with E-state index in [1.807, 2.05) is 13.0 Å². The molecule has 0 spiro atoms. The molecule has 1 heterocycles. The summed E-state index contributed by atoms with van der Waals surface area (Å²) < 4.78 is 5.36. The molecule has 6 heteroatoms. The number of nitrogens with zero attached hydrogens (tertiary/aromatic N) is 2. The van der Waals surface area contributed by atoms with Gasteiger partial charge in [-0.3, -0.25) is 0 Å². The molecule has 0 fully saturated rings. The highest BCUT2D eigenvalue weighted by Crippen LogP contribution is 2.30. The third kappa shape index (κ3) is 4.43. The van der Waals surface area contributed by atoms with Crippen molar-refractivity contribution in [2.45, 2.75) is 20.8 Å². The van der Waals surface area contributed by atoms with Gasteiger partial charge in [-0.1, -0.05) is 17.7 Å². The highest BCUT2D eigenvalue weighted by molar-refractivity contribution is 6.31. The Hall–Kier alpha value is -2.79. The molecule has 0 saturated heterocycles. The number of hydrogen-bond donors (Lipinski definition) is 2. The van der Waals surface area contributed by atoms with Crippen LogP contribution in [0.4, 0.5) is 23.1 Å². The zero-order valence-electron chi connectivity index (χ0n) is 15.2. The van der Waals surface area contributed by atoms with Crippen LogP contribution in [0.3, 0.4) is 0 Å². The van der Waals surface area contributed by atoms with Gasteiger partial charge < -0.3 is 15.4 Å². The van der Waals surface area contributed by atoms with Crippen molar-refractivity contribution < 1.29 is 4.74 Å². The second-order valence-electron chi connectivity index (χ2n) is 6.19. The molecule has 134 valence electrons. The monoisotopic (exact) mass is 368 g/mol. The quantitative estimate of drug-likeness (QED) is 0.618. The smallest absolute Gasteiger partial charge is 0.229 e. The number of halogens is 1. The second-order valence-corrected chi connectivity index (χ2v) is 6.63. The highest BCUT2D eigenvalue weighted by Gasteiger charge is 2.08. The Kier molecular flexibility index (Phi) is 5.28. The number of nitrogens with one attached hydrogen (secondary N) is 2.